The lowest BCUT2D eigenvalue weighted by molar-refractivity contribution is -0.620. The maximum atomic E-state index is 12.9. The van der Waals surface area contributed by atoms with E-state index in [2.05, 4.69) is 0 Å². The van der Waals surface area contributed by atoms with E-state index in [-0.39, 0.29) is 15.2 Å². The molecule has 11 heteroatoms. The monoisotopic (exact) mass is 364 g/mol. The van der Waals surface area contributed by atoms with Gasteiger partial charge in [0.15, 0.2) is 6.07 Å². The second kappa shape index (κ2) is 5.92. The molecule has 0 unspecified atom stereocenters. The van der Waals surface area contributed by atoms with Gasteiger partial charge in [0.1, 0.15) is 0 Å². The van der Waals surface area contributed by atoms with Gasteiger partial charge in [-0.25, -0.2) is 9.52 Å². The van der Waals surface area contributed by atoms with Crippen LogP contribution in [0.2, 0.25) is 0 Å². The normalized spacial score (nSPS) is 11.3. The first kappa shape index (κ1) is 17.0. The number of rotatable bonds is 2. The number of carbonyl (C=O) groups is 1. The van der Waals surface area contributed by atoms with Crippen LogP contribution in [0.5, 0.6) is 0 Å². The van der Waals surface area contributed by atoms with Gasteiger partial charge in [0.25, 0.3) is 5.52 Å². The molecule has 8 nitrogen and oxygen atoms in total. The number of aromatic nitrogens is 2. The number of nitrogens with zero attached hydrogens (tertiary/aromatic N) is 3. The van der Waals surface area contributed by atoms with Gasteiger partial charge >= 0.3 is 23.6 Å². The number of hydrogen-bond acceptors (Lipinski definition) is 5. The number of nitrogens with one attached hydrogen (secondary N) is 1. The van der Waals surface area contributed by atoms with Crippen molar-refractivity contribution in [2.45, 2.75) is 6.18 Å². The molecule has 26 heavy (non-hydrogen) atoms. The van der Waals surface area contributed by atoms with E-state index in [1.165, 1.54) is 24.5 Å². The van der Waals surface area contributed by atoms with E-state index in [1.54, 1.807) is 0 Å². The number of benzene rings is 1. The minimum Gasteiger partial charge on any atom is -0.710 e. The molecule has 0 saturated carbocycles. The highest BCUT2D eigenvalue weighted by atomic mass is 19.4. The molecule has 0 radical (unpaired) electrons. The van der Waals surface area contributed by atoms with E-state index in [9.17, 15) is 28.4 Å². The van der Waals surface area contributed by atoms with Crippen LogP contribution in [0.1, 0.15) is 21.8 Å². The Hall–Kier alpha value is -3.81. The maximum absolute atomic E-state index is 12.9. The molecular formula is C15H7F3N4O4. The summed E-state index contributed by atoms with van der Waals surface area (Å²) in [6, 6.07) is 5.94. The number of halogens is 3. The van der Waals surface area contributed by atoms with Crippen molar-refractivity contribution in [3.8, 4) is 6.07 Å². The molecule has 0 atom stereocenters. The third-order valence-corrected chi connectivity index (χ3v) is 3.45. The van der Waals surface area contributed by atoms with Crippen molar-refractivity contribution >= 4 is 22.8 Å². The molecule has 0 fully saturated rings. The summed E-state index contributed by atoms with van der Waals surface area (Å²) >= 11 is 0. The summed E-state index contributed by atoms with van der Waals surface area (Å²) in [5.74, 6) is -1.99. The third-order valence-electron chi connectivity index (χ3n) is 3.45. The van der Waals surface area contributed by atoms with Crippen LogP contribution in [-0.4, -0.2) is 5.91 Å². The number of furan rings is 1. The van der Waals surface area contributed by atoms with Gasteiger partial charge in [0.05, 0.1) is 11.8 Å². The first-order valence-electron chi connectivity index (χ1n) is 6.89. The minimum absolute atomic E-state index is 0.0262. The van der Waals surface area contributed by atoms with Gasteiger partial charge in [-0.2, -0.15) is 23.7 Å². The summed E-state index contributed by atoms with van der Waals surface area (Å²) in [4.78, 5) is 12.0. The zero-order valence-electron chi connectivity index (χ0n) is 12.6. The summed E-state index contributed by atoms with van der Waals surface area (Å²) in [5, 5.41) is 35.8. The van der Waals surface area contributed by atoms with Crippen LogP contribution in [-0.2, 0) is 6.18 Å². The van der Waals surface area contributed by atoms with Crippen LogP contribution in [0.3, 0.4) is 0 Å². The lowest BCUT2D eigenvalue weighted by Crippen LogP contribution is -2.44. The standard InChI is InChI=1S/C15H7F3N4O4/c16-15(17,18)8-3-4-9-10(6-8)22(25)13(11(7-19)21(9)24)20-14(23)12-2-1-5-26-12/h1-6H,(H,20,23). The van der Waals surface area contributed by atoms with Gasteiger partial charge < -0.3 is 14.8 Å². The Kier molecular flexibility index (Phi) is 3.88. The van der Waals surface area contributed by atoms with Crippen molar-refractivity contribution in [3.63, 3.8) is 0 Å². The van der Waals surface area contributed by atoms with E-state index in [1.807, 2.05) is 5.32 Å². The van der Waals surface area contributed by atoms with Crippen LogP contribution in [0.25, 0.3) is 11.0 Å². The smallest absolute Gasteiger partial charge is 0.416 e. The second-order valence-electron chi connectivity index (χ2n) is 5.03. The molecule has 2 heterocycles. The van der Waals surface area contributed by atoms with E-state index >= 15 is 0 Å². The Balaban J connectivity index is 2.22. The molecule has 0 saturated heterocycles. The fourth-order valence-electron chi connectivity index (χ4n) is 2.25. The highest BCUT2D eigenvalue weighted by molar-refractivity contribution is 6.01. The Labute approximate surface area is 142 Å². The second-order valence-corrected chi connectivity index (χ2v) is 5.03. The van der Waals surface area contributed by atoms with Crippen LogP contribution in [0, 0.1) is 21.7 Å². The molecule has 1 amide bonds. The highest BCUT2D eigenvalue weighted by Crippen LogP contribution is 2.30. The van der Waals surface area contributed by atoms with Crippen LogP contribution < -0.4 is 14.8 Å². The van der Waals surface area contributed by atoms with Gasteiger partial charge in [-0.15, -0.1) is 4.73 Å². The number of anilines is 1. The van der Waals surface area contributed by atoms with Crippen molar-refractivity contribution in [1.29, 1.82) is 5.26 Å². The molecule has 2 aromatic heterocycles. The molecule has 132 valence electrons. The molecule has 0 aliphatic carbocycles. The summed E-state index contributed by atoms with van der Waals surface area (Å²) in [5.41, 5.74) is -3.07. The summed E-state index contributed by atoms with van der Waals surface area (Å²) < 4.78 is 43.3. The van der Waals surface area contributed by atoms with Gasteiger partial charge in [-0.05, 0) is 18.2 Å². The molecule has 3 rings (SSSR count). The topological polar surface area (TPSA) is 120 Å². The number of fused-ring (bicyclic) bond motifs is 1. The number of alkyl halides is 3. The van der Waals surface area contributed by atoms with E-state index in [4.69, 9.17) is 9.68 Å². The van der Waals surface area contributed by atoms with Gasteiger partial charge in [0, 0.05) is 12.1 Å². The molecule has 0 aliphatic heterocycles. The van der Waals surface area contributed by atoms with Crippen molar-refractivity contribution in [2.24, 2.45) is 0 Å². The molecule has 0 aliphatic rings. The SMILES string of the molecule is N#Cc1c(NC(=O)c2ccco2)[n+]([O-])c2cc(C(F)(F)F)ccc2[n+]1[O-]. The number of carbonyl (C=O) groups excluding carboxylic acids is 1. The largest absolute Gasteiger partial charge is 0.710 e. The number of amides is 1. The Morgan fingerprint density at radius 2 is 1.92 bits per heavy atom. The van der Waals surface area contributed by atoms with Crippen molar-refractivity contribution in [2.75, 3.05) is 5.32 Å². The quantitative estimate of drug-likeness (QED) is 0.550. The molecule has 1 N–H and O–H groups in total. The summed E-state index contributed by atoms with van der Waals surface area (Å²) in [6.07, 6.45) is -3.57. The zero-order valence-corrected chi connectivity index (χ0v) is 12.6. The Bertz CT molecular complexity index is 1060. The molecule has 0 bridgehead atoms. The Morgan fingerprint density at radius 3 is 2.50 bits per heavy atom. The minimum atomic E-state index is -4.75. The predicted octanol–water partition coefficient (Wildman–Crippen LogP) is 1.84. The zero-order chi connectivity index (χ0) is 19.1. The maximum Gasteiger partial charge on any atom is 0.416 e. The predicted molar refractivity (Wildman–Crippen MR) is 78.2 cm³/mol. The highest BCUT2D eigenvalue weighted by Gasteiger charge is 2.34. The van der Waals surface area contributed by atoms with Crippen molar-refractivity contribution < 1.29 is 31.8 Å². The fraction of sp³-hybridized carbons (Fsp3) is 0.0667. The summed E-state index contributed by atoms with van der Waals surface area (Å²) in [6.45, 7) is 0. The van der Waals surface area contributed by atoms with Gasteiger partial charge in [-0.3, -0.25) is 0 Å². The molecule has 0 spiro atoms. The van der Waals surface area contributed by atoms with Crippen molar-refractivity contribution in [3.05, 3.63) is 64.0 Å². The van der Waals surface area contributed by atoms with E-state index in [0.29, 0.717) is 12.1 Å². The third kappa shape index (κ3) is 2.73. The average molecular weight is 364 g/mol. The number of nitriles is 1. The summed E-state index contributed by atoms with van der Waals surface area (Å²) in [7, 11) is 0. The first-order chi connectivity index (χ1) is 12.2. The van der Waals surface area contributed by atoms with Gasteiger partial charge in [0.2, 0.25) is 11.3 Å². The molecule has 1 aromatic carbocycles. The first-order valence-corrected chi connectivity index (χ1v) is 6.89. The fourth-order valence-corrected chi connectivity index (χ4v) is 2.25. The number of hydrogen-bond donors (Lipinski definition) is 1. The van der Waals surface area contributed by atoms with E-state index in [0.717, 1.165) is 6.07 Å². The van der Waals surface area contributed by atoms with E-state index < -0.39 is 40.2 Å². The van der Waals surface area contributed by atoms with Crippen LogP contribution in [0.15, 0.2) is 41.0 Å². The average Bonchev–Trinajstić information content (AvgIpc) is 3.13. The lowest BCUT2D eigenvalue weighted by Gasteiger charge is -2.14. The van der Waals surface area contributed by atoms with Crippen LogP contribution >= 0.6 is 0 Å². The molecule has 3 aromatic rings. The van der Waals surface area contributed by atoms with Crippen LogP contribution in [0.4, 0.5) is 19.0 Å². The van der Waals surface area contributed by atoms with Crippen molar-refractivity contribution in [1.82, 2.24) is 0 Å². The van der Waals surface area contributed by atoms with Gasteiger partial charge in [-0.1, -0.05) is 0 Å². The lowest BCUT2D eigenvalue weighted by atomic mass is 10.2. The Morgan fingerprint density at radius 1 is 1.19 bits per heavy atom. The molecular weight excluding hydrogens is 357 g/mol.